The smallest absolute Gasteiger partial charge is 0.257 e. The van der Waals surface area contributed by atoms with Crippen molar-refractivity contribution in [3.05, 3.63) is 23.8 Å². The van der Waals surface area contributed by atoms with Crippen LogP contribution in [0.1, 0.15) is 38.7 Å². The summed E-state index contributed by atoms with van der Waals surface area (Å²) in [7, 11) is 0. The first kappa shape index (κ1) is 14.7. The molecule has 0 radical (unpaired) electrons. The van der Waals surface area contributed by atoms with Gasteiger partial charge in [-0.3, -0.25) is 4.79 Å². The SMILES string of the molecule is CCCCNC(=O)COc1cccc2c1NC(C)CC2. The standard InChI is InChI=1S/C16H24N2O2/c1-3-4-10-17-15(19)11-20-14-7-5-6-13-9-8-12(2)18-16(13)14/h5-7,12,18H,3-4,8-11H2,1-2H3,(H,17,19). The molecule has 1 aliphatic rings. The minimum Gasteiger partial charge on any atom is -0.482 e. The molecule has 0 aliphatic carbocycles. The van der Waals surface area contributed by atoms with Crippen molar-refractivity contribution in [2.75, 3.05) is 18.5 Å². The van der Waals surface area contributed by atoms with Crippen LogP contribution in [0.3, 0.4) is 0 Å². The van der Waals surface area contributed by atoms with Crippen LogP contribution in [0.2, 0.25) is 0 Å². The Bertz CT molecular complexity index is 460. The number of para-hydroxylation sites is 1. The fourth-order valence-electron chi connectivity index (χ4n) is 2.36. The van der Waals surface area contributed by atoms with Crippen molar-refractivity contribution in [2.45, 2.75) is 45.6 Å². The maximum absolute atomic E-state index is 11.7. The van der Waals surface area contributed by atoms with Gasteiger partial charge in [0.15, 0.2) is 6.61 Å². The molecule has 2 N–H and O–H groups in total. The van der Waals surface area contributed by atoms with Gasteiger partial charge in [-0.1, -0.05) is 25.5 Å². The predicted molar refractivity (Wildman–Crippen MR) is 81.3 cm³/mol. The van der Waals surface area contributed by atoms with E-state index < -0.39 is 0 Å². The molecule has 1 aromatic carbocycles. The summed E-state index contributed by atoms with van der Waals surface area (Å²) < 4.78 is 5.67. The molecule has 0 aromatic heterocycles. The van der Waals surface area contributed by atoms with Crippen molar-refractivity contribution >= 4 is 11.6 Å². The Balaban J connectivity index is 1.91. The number of hydrogen-bond donors (Lipinski definition) is 2. The zero-order valence-corrected chi connectivity index (χ0v) is 12.4. The van der Waals surface area contributed by atoms with Crippen LogP contribution in [0.5, 0.6) is 5.75 Å². The number of anilines is 1. The number of hydrogen-bond acceptors (Lipinski definition) is 3. The van der Waals surface area contributed by atoms with Gasteiger partial charge in [-0.25, -0.2) is 0 Å². The minimum atomic E-state index is -0.0556. The average Bonchev–Trinajstić information content (AvgIpc) is 2.45. The topological polar surface area (TPSA) is 50.4 Å². The third-order valence-corrected chi connectivity index (χ3v) is 3.56. The van der Waals surface area contributed by atoms with Crippen LogP contribution in [0.15, 0.2) is 18.2 Å². The van der Waals surface area contributed by atoms with Gasteiger partial charge >= 0.3 is 0 Å². The second kappa shape index (κ2) is 7.17. The minimum absolute atomic E-state index is 0.0556. The number of nitrogens with one attached hydrogen (secondary N) is 2. The van der Waals surface area contributed by atoms with E-state index in [1.807, 2.05) is 12.1 Å². The maximum atomic E-state index is 11.7. The number of carbonyl (C=O) groups excluding carboxylic acids is 1. The number of unbranched alkanes of at least 4 members (excludes halogenated alkanes) is 1. The van der Waals surface area contributed by atoms with E-state index in [0.717, 1.165) is 43.7 Å². The van der Waals surface area contributed by atoms with Crippen LogP contribution >= 0.6 is 0 Å². The highest BCUT2D eigenvalue weighted by Crippen LogP contribution is 2.33. The summed E-state index contributed by atoms with van der Waals surface area (Å²) in [5.41, 5.74) is 2.32. The molecule has 0 fully saturated rings. The van der Waals surface area contributed by atoms with Crippen LogP contribution in [0, 0.1) is 0 Å². The molecular weight excluding hydrogens is 252 g/mol. The van der Waals surface area contributed by atoms with Crippen LogP contribution in [0.25, 0.3) is 0 Å². The van der Waals surface area contributed by atoms with Gasteiger partial charge in [0.2, 0.25) is 0 Å². The first-order valence-electron chi connectivity index (χ1n) is 7.48. The number of amides is 1. The molecule has 0 spiro atoms. The van der Waals surface area contributed by atoms with Gasteiger partial charge in [-0.15, -0.1) is 0 Å². The van der Waals surface area contributed by atoms with Gasteiger partial charge in [-0.05, 0) is 37.8 Å². The molecule has 2 rings (SSSR count). The molecule has 1 atom stereocenters. The molecule has 1 amide bonds. The molecule has 0 bridgehead atoms. The Hall–Kier alpha value is -1.71. The van der Waals surface area contributed by atoms with Crippen LogP contribution < -0.4 is 15.4 Å². The zero-order chi connectivity index (χ0) is 14.4. The van der Waals surface area contributed by atoms with Crippen molar-refractivity contribution in [3.63, 3.8) is 0 Å². The molecular formula is C16H24N2O2. The Morgan fingerprint density at radius 2 is 2.35 bits per heavy atom. The van der Waals surface area contributed by atoms with Crippen molar-refractivity contribution in [1.29, 1.82) is 0 Å². The normalized spacial score (nSPS) is 17.0. The lowest BCUT2D eigenvalue weighted by atomic mass is 9.98. The second-order valence-electron chi connectivity index (χ2n) is 5.37. The van der Waals surface area contributed by atoms with E-state index in [9.17, 15) is 4.79 Å². The van der Waals surface area contributed by atoms with E-state index in [1.54, 1.807) is 0 Å². The van der Waals surface area contributed by atoms with Gasteiger partial charge in [0.25, 0.3) is 5.91 Å². The number of benzene rings is 1. The highest BCUT2D eigenvalue weighted by Gasteiger charge is 2.18. The van der Waals surface area contributed by atoms with E-state index in [-0.39, 0.29) is 12.5 Å². The summed E-state index contributed by atoms with van der Waals surface area (Å²) in [4.78, 5) is 11.7. The Morgan fingerprint density at radius 1 is 1.50 bits per heavy atom. The van der Waals surface area contributed by atoms with Crippen molar-refractivity contribution in [2.24, 2.45) is 0 Å². The fraction of sp³-hybridized carbons (Fsp3) is 0.562. The van der Waals surface area contributed by atoms with E-state index in [4.69, 9.17) is 4.74 Å². The Kier molecular flexibility index (Phi) is 5.27. The number of rotatable bonds is 6. The molecule has 4 nitrogen and oxygen atoms in total. The highest BCUT2D eigenvalue weighted by atomic mass is 16.5. The maximum Gasteiger partial charge on any atom is 0.257 e. The number of ether oxygens (including phenoxy) is 1. The van der Waals surface area contributed by atoms with Crippen molar-refractivity contribution in [1.82, 2.24) is 5.32 Å². The molecule has 1 heterocycles. The lowest BCUT2D eigenvalue weighted by Crippen LogP contribution is -2.30. The predicted octanol–water partition coefficient (Wildman–Crippen LogP) is 2.73. The average molecular weight is 276 g/mol. The molecule has 1 aromatic rings. The van der Waals surface area contributed by atoms with Gasteiger partial charge < -0.3 is 15.4 Å². The summed E-state index contributed by atoms with van der Waals surface area (Å²) in [6.07, 6.45) is 4.28. The first-order valence-corrected chi connectivity index (χ1v) is 7.48. The lowest BCUT2D eigenvalue weighted by molar-refractivity contribution is -0.123. The molecule has 0 saturated carbocycles. The highest BCUT2D eigenvalue weighted by molar-refractivity contribution is 5.78. The summed E-state index contributed by atoms with van der Waals surface area (Å²) in [6, 6.07) is 6.47. The van der Waals surface area contributed by atoms with Crippen LogP contribution in [0.4, 0.5) is 5.69 Å². The van der Waals surface area contributed by atoms with Crippen molar-refractivity contribution < 1.29 is 9.53 Å². The summed E-state index contributed by atoms with van der Waals surface area (Å²) in [5, 5.41) is 6.31. The number of aryl methyl sites for hydroxylation is 1. The molecule has 20 heavy (non-hydrogen) atoms. The van der Waals surface area contributed by atoms with E-state index in [2.05, 4.69) is 30.5 Å². The van der Waals surface area contributed by atoms with E-state index in [1.165, 1.54) is 5.56 Å². The largest absolute Gasteiger partial charge is 0.482 e. The number of carbonyl (C=O) groups is 1. The van der Waals surface area contributed by atoms with Crippen LogP contribution in [-0.2, 0) is 11.2 Å². The molecule has 1 aliphatic heterocycles. The van der Waals surface area contributed by atoms with Gasteiger partial charge in [0, 0.05) is 12.6 Å². The van der Waals surface area contributed by atoms with Gasteiger partial charge in [0.1, 0.15) is 5.75 Å². The molecule has 110 valence electrons. The molecule has 4 heteroatoms. The monoisotopic (exact) mass is 276 g/mol. The van der Waals surface area contributed by atoms with E-state index >= 15 is 0 Å². The fourth-order valence-corrected chi connectivity index (χ4v) is 2.36. The van der Waals surface area contributed by atoms with E-state index in [0.29, 0.717) is 6.04 Å². The van der Waals surface area contributed by atoms with Gasteiger partial charge in [-0.2, -0.15) is 0 Å². The third-order valence-electron chi connectivity index (χ3n) is 3.56. The quantitative estimate of drug-likeness (QED) is 0.785. The molecule has 1 unspecified atom stereocenters. The lowest BCUT2D eigenvalue weighted by Gasteiger charge is -2.26. The Labute approximate surface area is 120 Å². The zero-order valence-electron chi connectivity index (χ0n) is 12.4. The summed E-state index contributed by atoms with van der Waals surface area (Å²) in [6.45, 7) is 5.07. The Morgan fingerprint density at radius 3 is 3.15 bits per heavy atom. The molecule has 0 saturated heterocycles. The van der Waals surface area contributed by atoms with Crippen LogP contribution in [-0.4, -0.2) is 25.1 Å². The van der Waals surface area contributed by atoms with Gasteiger partial charge in [0.05, 0.1) is 5.69 Å². The van der Waals surface area contributed by atoms with Crippen molar-refractivity contribution in [3.8, 4) is 5.75 Å². The summed E-state index contributed by atoms with van der Waals surface area (Å²) in [5.74, 6) is 0.722. The third kappa shape index (κ3) is 3.89. The second-order valence-corrected chi connectivity index (χ2v) is 5.37. The first-order chi connectivity index (χ1) is 9.70. The summed E-state index contributed by atoms with van der Waals surface area (Å²) >= 11 is 0. The number of fused-ring (bicyclic) bond motifs is 1.